The summed E-state index contributed by atoms with van der Waals surface area (Å²) in [7, 11) is 0. The van der Waals surface area contributed by atoms with Gasteiger partial charge in [0.15, 0.2) is 0 Å². The van der Waals surface area contributed by atoms with Crippen LogP contribution in [-0.2, 0) is 6.61 Å². The number of amides is 2. The molecule has 1 aliphatic rings. The molecule has 4 nitrogen and oxygen atoms in total. The topological polar surface area (TPSA) is 41.6 Å². The minimum atomic E-state index is -0.0887. The number of hydrogen-bond donors (Lipinski definition) is 1. The molecule has 0 saturated carbocycles. The van der Waals surface area contributed by atoms with E-state index in [0.29, 0.717) is 13.2 Å². The number of nitrogens with one attached hydrogen (secondary N) is 1. The summed E-state index contributed by atoms with van der Waals surface area (Å²) >= 11 is 1.77. The zero-order valence-corrected chi connectivity index (χ0v) is 18.4. The third-order valence-corrected chi connectivity index (χ3v) is 6.85. The lowest BCUT2D eigenvalue weighted by Crippen LogP contribution is -2.34. The Morgan fingerprint density at radius 3 is 2.56 bits per heavy atom. The molecule has 160 valence electrons. The van der Waals surface area contributed by atoms with Crippen molar-refractivity contribution in [2.45, 2.75) is 12.0 Å². The normalized spacial score (nSPS) is 15.6. The number of anilines is 1. The Bertz CT molecular complexity index is 1220. The Kier molecular flexibility index (Phi) is 5.99. The Morgan fingerprint density at radius 2 is 1.66 bits per heavy atom. The molecule has 1 fully saturated rings. The monoisotopic (exact) mass is 440 g/mol. The van der Waals surface area contributed by atoms with Crippen molar-refractivity contribution < 1.29 is 9.53 Å². The third-order valence-electron chi connectivity index (χ3n) is 5.61. The van der Waals surface area contributed by atoms with E-state index >= 15 is 0 Å². The summed E-state index contributed by atoms with van der Waals surface area (Å²) in [6.07, 6.45) is 0. The van der Waals surface area contributed by atoms with E-state index in [1.165, 1.54) is 0 Å². The lowest BCUT2D eigenvalue weighted by molar-refractivity contribution is 0.213. The smallest absolute Gasteiger partial charge is 0.323 e. The van der Waals surface area contributed by atoms with Crippen LogP contribution in [0, 0.1) is 0 Å². The number of thioether (sulfide) groups is 1. The van der Waals surface area contributed by atoms with Crippen molar-refractivity contribution in [1.29, 1.82) is 0 Å². The molecule has 5 rings (SSSR count). The van der Waals surface area contributed by atoms with E-state index in [1.54, 1.807) is 11.8 Å². The molecule has 32 heavy (non-hydrogen) atoms. The van der Waals surface area contributed by atoms with E-state index in [1.807, 2.05) is 71.6 Å². The fourth-order valence-electron chi connectivity index (χ4n) is 4.01. The van der Waals surface area contributed by atoms with Crippen molar-refractivity contribution in [3.63, 3.8) is 0 Å². The van der Waals surface area contributed by atoms with Crippen LogP contribution in [-0.4, -0.2) is 23.2 Å². The van der Waals surface area contributed by atoms with E-state index in [2.05, 4.69) is 35.6 Å². The molecule has 2 amide bonds. The predicted octanol–water partition coefficient (Wildman–Crippen LogP) is 6.70. The zero-order valence-electron chi connectivity index (χ0n) is 17.6. The summed E-state index contributed by atoms with van der Waals surface area (Å²) in [5.41, 5.74) is 2.98. The van der Waals surface area contributed by atoms with Gasteiger partial charge in [0.25, 0.3) is 0 Å². The average molecular weight is 441 g/mol. The number of nitrogens with zero attached hydrogens (tertiary/aromatic N) is 1. The molecule has 1 atom stereocenters. The molecule has 0 radical (unpaired) electrons. The van der Waals surface area contributed by atoms with Gasteiger partial charge in [-0.2, -0.15) is 0 Å². The van der Waals surface area contributed by atoms with Gasteiger partial charge < -0.3 is 15.0 Å². The lowest BCUT2D eigenvalue weighted by atomic mass is 10.1. The first-order valence-corrected chi connectivity index (χ1v) is 11.8. The van der Waals surface area contributed by atoms with E-state index < -0.39 is 0 Å². The van der Waals surface area contributed by atoms with Crippen LogP contribution in [0.15, 0.2) is 97.1 Å². The first kappa shape index (κ1) is 20.5. The van der Waals surface area contributed by atoms with E-state index in [9.17, 15) is 4.79 Å². The van der Waals surface area contributed by atoms with Crippen LogP contribution in [0.1, 0.15) is 16.5 Å². The van der Waals surface area contributed by atoms with Gasteiger partial charge in [0, 0.05) is 23.2 Å². The second kappa shape index (κ2) is 9.37. The molecule has 1 aliphatic heterocycles. The molecule has 4 aromatic carbocycles. The Labute approximate surface area is 192 Å². The number of ether oxygens (including phenoxy) is 1. The van der Waals surface area contributed by atoms with E-state index in [-0.39, 0.29) is 11.4 Å². The number of benzene rings is 4. The maximum Gasteiger partial charge on any atom is 0.323 e. The van der Waals surface area contributed by atoms with Crippen molar-refractivity contribution >= 4 is 34.3 Å². The van der Waals surface area contributed by atoms with E-state index in [0.717, 1.165) is 39.1 Å². The highest BCUT2D eigenvalue weighted by Gasteiger charge is 2.32. The molecule has 0 aromatic heterocycles. The van der Waals surface area contributed by atoms with Crippen molar-refractivity contribution in [2.24, 2.45) is 0 Å². The molecule has 0 unspecified atom stereocenters. The molecular weight excluding hydrogens is 416 g/mol. The Balaban J connectivity index is 1.36. The maximum absolute atomic E-state index is 13.3. The van der Waals surface area contributed by atoms with Crippen molar-refractivity contribution in [2.75, 3.05) is 17.6 Å². The zero-order chi connectivity index (χ0) is 21.8. The number of fused-ring (bicyclic) bond motifs is 1. The van der Waals surface area contributed by atoms with Crippen LogP contribution in [0.25, 0.3) is 10.8 Å². The third kappa shape index (κ3) is 4.30. The van der Waals surface area contributed by atoms with E-state index in [4.69, 9.17) is 4.74 Å². The van der Waals surface area contributed by atoms with Gasteiger partial charge in [-0.25, -0.2) is 4.79 Å². The summed E-state index contributed by atoms with van der Waals surface area (Å²) in [4.78, 5) is 15.2. The first-order chi connectivity index (χ1) is 15.8. The summed E-state index contributed by atoms with van der Waals surface area (Å²) < 4.78 is 6.17. The Hall–Kier alpha value is -3.44. The van der Waals surface area contributed by atoms with Gasteiger partial charge >= 0.3 is 6.03 Å². The number of para-hydroxylation sites is 1. The predicted molar refractivity (Wildman–Crippen MR) is 132 cm³/mol. The lowest BCUT2D eigenvalue weighted by Gasteiger charge is -2.26. The number of urea groups is 1. The molecule has 1 N–H and O–H groups in total. The van der Waals surface area contributed by atoms with Crippen molar-refractivity contribution in [3.05, 3.63) is 108 Å². The van der Waals surface area contributed by atoms with Gasteiger partial charge in [0.1, 0.15) is 17.7 Å². The van der Waals surface area contributed by atoms with Gasteiger partial charge in [-0.05, 0) is 23.1 Å². The summed E-state index contributed by atoms with van der Waals surface area (Å²) in [6, 6.07) is 32.1. The molecule has 5 heteroatoms. The Morgan fingerprint density at radius 1 is 0.906 bits per heavy atom. The minimum absolute atomic E-state index is 0.0862. The van der Waals surface area contributed by atoms with Crippen LogP contribution >= 0.6 is 11.8 Å². The molecule has 1 saturated heterocycles. The highest BCUT2D eigenvalue weighted by molar-refractivity contribution is 7.99. The van der Waals surface area contributed by atoms with Gasteiger partial charge in [-0.3, -0.25) is 0 Å². The summed E-state index contributed by atoms with van der Waals surface area (Å²) in [5.74, 6) is 1.71. The van der Waals surface area contributed by atoms with Gasteiger partial charge in [-0.15, -0.1) is 11.8 Å². The van der Waals surface area contributed by atoms with Crippen LogP contribution in [0.2, 0.25) is 0 Å². The largest absolute Gasteiger partial charge is 0.489 e. The first-order valence-electron chi connectivity index (χ1n) is 10.7. The number of rotatable bonds is 5. The molecule has 0 bridgehead atoms. The van der Waals surface area contributed by atoms with Crippen LogP contribution in [0.4, 0.5) is 10.5 Å². The quantitative estimate of drug-likeness (QED) is 0.375. The van der Waals surface area contributed by atoms with Gasteiger partial charge in [0.05, 0.1) is 5.69 Å². The van der Waals surface area contributed by atoms with Crippen LogP contribution in [0.5, 0.6) is 5.75 Å². The number of carbonyl (C=O) groups excluding carboxylic acids is 1. The minimum Gasteiger partial charge on any atom is -0.489 e. The summed E-state index contributed by atoms with van der Waals surface area (Å²) in [5, 5.41) is 5.20. The molecule has 0 aliphatic carbocycles. The van der Waals surface area contributed by atoms with Crippen molar-refractivity contribution in [3.8, 4) is 5.75 Å². The second-order valence-corrected chi connectivity index (χ2v) is 8.87. The average Bonchev–Trinajstić information content (AvgIpc) is 3.34. The molecule has 1 heterocycles. The molecular formula is C27H24N2O2S. The van der Waals surface area contributed by atoms with Crippen LogP contribution < -0.4 is 10.1 Å². The fourth-order valence-corrected chi connectivity index (χ4v) is 5.29. The van der Waals surface area contributed by atoms with Crippen LogP contribution in [0.3, 0.4) is 0 Å². The number of hydrogen-bond acceptors (Lipinski definition) is 3. The summed E-state index contributed by atoms with van der Waals surface area (Å²) in [6.45, 7) is 1.19. The van der Waals surface area contributed by atoms with Gasteiger partial charge in [-0.1, -0.05) is 84.9 Å². The molecule has 0 spiro atoms. The number of carbonyl (C=O) groups is 1. The SMILES string of the molecule is O=C(Nc1cccc2ccccc12)N1CCS[C@H]1c1ccccc1OCc1ccccc1. The van der Waals surface area contributed by atoms with Gasteiger partial charge in [0.2, 0.25) is 0 Å². The van der Waals surface area contributed by atoms with Crippen molar-refractivity contribution in [1.82, 2.24) is 4.90 Å². The highest BCUT2D eigenvalue weighted by Crippen LogP contribution is 2.42. The second-order valence-electron chi connectivity index (χ2n) is 7.69. The highest BCUT2D eigenvalue weighted by atomic mass is 32.2. The fraction of sp³-hybridized carbons (Fsp3) is 0.148. The maximum atomic E-state index is 13.3. The molecule has 4 aromatic rings. The standard InChI is InChI=1S/C27H24N2O2S/c30-27(28-24-15-8-12-21-11-4-5-13-22(21)24)29-17-18-32-26(29)23-14-6-7-16-25(23)31-19-20-9-2-1-3-10-20/h1-16,26H,17-19H2,(H,28,30)/t26-/m0/s1.